The number of para-hydroxylation sites is 4. The Morgan fingerprint density at radius 3 is 2.32 bits per heavy atom. The van der Waals surface area contributed by atoms with Crippen LogP contribution in [0.3, 0.4) is 0 Å². The molecule has 0 atom stereocenters. The van der Waals surface area contributed by atoms with Gasteiger partial charge < -0.3 is 21.8 Å². The summed E-state index contributed by atoms with van der Waals surface area (Å²) in [5.41, 5.74) is 4.23. The number of hydrogen-bond acceptors (Lipinski definition) is 1. The fourth-order valence-corrected chi connectivity index (χ4v) is 2.18. The van der Waals surface area contributed by atoms with Crippen LogP contribution >= 0.6 is 0 Å². The van der Waals surface area contributed by atoms with Gasteiger partial charge in [0.05, 0.1) is 0 Å². The van der Waals surface area contributed by atoms with Crippen molar-refractivity contribution in [2.45, 2.75) is 0 Å². The number of rotatable bonds is 0. The molecule has 19 heavy (non-hydrogen) atoms. The van der Waals surface area contributed by atoms with Crippen LogP contribution in [-0.4, -0.2) is 9.38 Å². The summed E-state index contributed by atoms with van der Waals surface area (Å²) in [6, 6.07) is 16.2. The van der Waals surface area contributed by atoms with Crippen LogP contribution < -0.4 is 4.98 Å². The first-order valence-electron chi connectivity index (χ1n) is 5.22. The van der Waals surface area contributed by atoms with E-state index in [0.717, 1.165) is 27.8 Å². The molecule has 2 aromatic carbocycles. The maximum atomic E-state index is 4.50. The molecule has 2 aromatic heterocycles. The Kier molecular flexibility index (Phi) is 5.12. The second-order valence-corrected chi connectivity index (χ2v) is 3.84. The van der Waals surface area contributed by atoms with Gasteiger partial charge in [0.15, 0.2) is 0 Å². The Balaban J connectivity index is 0.000000602. The van der Waals surface area contributed by atoms with Gasteiger partial charge in [-0.15, -0.1) is 0 Å². The molecule has 0 aliphatic heterocycles. The van der Waals surface area contributed by atoms with Crippen LogP contribution in [0.2, 0.25) is 0 Å². The zero-order chi connectivity index (χ0) is 10.5. The summed E-state index contributed by atoms with van der Waals surface area (Å²) in [7, 11) is 0. The van der Waals surface area contributed by atoms with E-state index in [1.807, 2.05) is 36.4 Å². The van der Waals surface area contributed by atoms with E-state index in [1.165, 1.54) is 0 Å². The van der Waals surface area contributed by atoms with Gasteiger partial charge >= 0.3 is 21.1 Å². The molecule has 0 spiro atoms. The van der Waals surface area contributed by atoms with Crippen molar-refractivity contribution in [3.8, 4) is 0 Å². The van der Waals surface area contributed by atoms with Crippen molar-refractivity contribution in [2.75, 3.05) is 0 Å². The van der Waals surface area contributed by atoms with Crippen molar-refractivity contribution in [2.24, 2.45) is 0 Å². The molecule has 0 amide bonds. The van der Waals surface area contributed by atoms with E-state index in [4.69, 9.17) is 0 Å². The smallest absolute Gasteiger partial charge is 0.366 e. The molecule has 0 aliphatic rings. The minimum absolute atomic E-state index is 0. The van der Waals surface area contributed by atoms with E-state index >= 15 is 0 Å². The molecule has 0 saturated heterocycles. The van der Waals surface area contributed by atoms with Gasteiger partial charge in [-0.1, -0.05) is 48.5 Å². The molecule has 0 bridgehead atoms. The zero-order valence-corrected chi connectivity index (χ0v) is 14.3. The molecule has 4 rings (SSSR count). The van der Waals surface area contributed by atoms with Gasteiger partial charge in [0.25, 0.3) is 0 Å². The second kappa shape index (κ2) is 6.03. The topological polar surface area (TPSA) is 31.4 Å². The van der Waals surface area contributed by atoms with E-state index in [2.05, 4.69) is 26.5 Å². The van der Waals surface area contributed by atoms with E-state index in [9.17, 15) is 0 Å². The first-order valence-corrected chi connectivity index (χ1v) is 5.22. The van der Waals surface area contributed by atoms with Crippen LogP contribution in [0.5, 0.6) is 0 Å². The van der Waals surface area contributed by atoms with E-state index < -0.39 is 0 Å². The van der Waals surface area contributed by atoms with Crippen LogP contribution in [0.1, 0.15) is 0 Å². The maximum absolute atomic E-state index is 4.50. The van der Waals surface area contributed by atoms with Crippen LogP contribution in [0, 0.1) is 7.43 Å². The molecule has 0 fully saturated rings. The molecular formula is C14H11Mo2N3. The Morgan fingerprint density at radius 2 is 1.53 bits per heavy atom. The molecule has 0 aliphatic carbocycles. The Labute approximate surface area is 139 Å². The minimum atomic E-state index is 0. The minimum Gasteiger partial charge on any atom is -0.366 e. The number of nitrogens with zero attached hydrogens (tertiary/aromatic N) is 3. The molecule has 5 heteroatoms. The van der Waals surface area contributed by atoms with Crippen LogP contribution in [0.15, 0.2) is 48.5 Å². The van der Waals surface area contributed by atoms with Crippen molar-refractivity contribution in [3.05, 3.63) is 56.0 Å². The summed E-state index contributed by atoms with van der Waals surface area (Å²) in [6.45, 7) is 0. The van der Waals surface area contributed by atoms with Gasteiger partial charge in [-0.2, -0.15) is 0 Å². The normalized spacial score (nSPS) is 9.89. The number of aromatic nitrogens is 3. The van der Waals surface area contributed by atoms with Gasteiger partial charge in [0.1, 0.15) is 0 Å². The van der Waals surface area contributed by atoms with Gasteiger partial charge in [0, 0.05) is 48.9 Å². The van der Waals surface area contributed by atoms with Crippen molar-refractivity contribution >= 4 is 27.8 Å². The third-order valence-electron chi connectivity index (χ3n) is 2.89. The Hall–Kier alpha value is -0.913. The monoisotopic (exact) mass is 417 g/mol. The summed E-state index contributed by atoms with van der Waals surface area (Å²) in [5, 5.41) is 0. The summed E-state index contributed by atoms with van der Waals surface area (Å²) in [5.74, 6) is 0.780. The second-order valence-electron chi connectivity index (χ2n) is 3.84. The predicted octanol–water partition coefficient (Wildman–Crippen LogP) is 3.04. The summed E-state index contributed by atoms with van der Waals surface area (Å²) < 4.78 is 2.10. The molecule has 3 nitrogen and oxygen atoms in total. The van der Waals surface area contributed by atoms with Crippen LogP contribution in [0.4, 0.5) is 0 Å². The molecule has 94 valence electrons. The average molecular weight is 413 g/mol. The third-order valence-corrected chi connectivity index (χ3v) is 2.89. The zero-order valence-electron chi connectivity index (χ0n) is 10.3. The van der Waals surface area contributed by atoms with Crippen molar-refractivity contribution in [1.29, 1.82) is 0 Å². The molecule has 4 aromatic rings. The molecule has 0 unspecified atom stereocenters. The van der Waals surface area contributed by atoms with Gasteiger partial charge in [-0.3, -0.25) is 0 Å². The first kappa shape index (κ1) is 16.1. The summed E-state index contributed by atoms with van der Waals surface area (Å²) >= 11 is 0. The summed E-state index contributed by atoms with van der Waals surface area (Å²) in [4.78, 5) is 9.01. The van der Waals surface area contributed by atoms with Gasteiger partial charge in [-0.05, 0) is 0 Å². The molecular weight excluding hydrogens is 402 g/mol. The number of imidazole rings is 2. The van der Waals surface area contributed by atoms with E-state index in [0.29, 0.717) is 0 Å². The number of hydrogen-bond donors (Lipinski definition) is 0. The van der Waals surface area contributed by atoms with Crippen LogP contribution in [-0.2, 0) is 42.1 Å². The van der Waals surface area contributed by atoms with E-state index in [1.54, 1.807) is 0 Å². The Bertz CT molecular complexity index is 752. The van der Waals surface area contributed by atoms with Crippen molar-refractivity contribution < 1.29 is 42.1 Å². The summed E-state index contributed by atoms with van der Waals surface area (Å²) in [6.07, 6.45) is 0. The molecule has 0 radical (unpaired) electrons. The molecule has 0 N–H and O–H groups in total. The number of benzene rings is 2. The molecule has 2 heterocycles. The Morgan fingerprint density at radius 1 is 0.895 bits per heavy atom. The third kappa shape index (κ3) is 2.30. The largest absolute Gasteiger partial charge is 2.00 e. The van der Waals surface area contributed by atoms with Gasteiger partial charge in [0.2, 0.25) is 0 Å². The van der Waals surface area contributed by atoms with E-state index in [-0.39, 0.29) is 49.6 Å². The van der Waals surface area contributed by atoms with Gasteiger partial charge in [-0.25, -0.2) is 0 Å². The standard InChI is InChI=1S/C13H8N3.CH3.2Mo/c1-3-7-11-9(5-1)14-13-15-10-6-2-4-8-12(10)16(11)13;;;/h1-8H;1H3;;/q2*-1;;+2. The fraction of sp³-hybridized carbons (Fsp3) is 0. The quantitative estimate of drug-likeness (QED) is 0.328. The SMILES string of the molecule is [CH3-].[Mo+2].[Mo].c1ccc2c(c1)nc1[n-]c3ccccc3n12. The van der Waals surface area contributed by atoms with Crippen molar-refractivity contribution in [1.82, 2.24) is 14.4 Å². The fourth-order valence-electron chi connectivity index (χ4n) is 2.18. The average Bonchev–Trinajstić information content (AvgIpc) is 2.83. The number of fused-ring (bicyclic) bond motifs is 5. The maximum Gasteiger partial charge on any atom is 2.00 e. The predicted molar refractivity (Wildman–Crippen MR) is 69.9 cm³/mol. The first-order chi connectivity index (χ1) is 7.93. The molecule has 0 saturated carbocycles. The van der Waals surface area contributed by atoms with Crippen molar-refractivity contribution in [3.63, 3.8) is 0 Å². The van der Waals surface area contributed by atoms with Crippen LogP contribution in [0.25, 0.3) is 27.8 Å².